The highest BCUT2D eigenvalue weighted by Gasteiger charge is 2.45. The molecule has 0 atom stereocenters. The van der Waals surface area contributed by atoms with Crippen molar-refractivity contribution in [3.05, 3.63) is 412 Å². The molecule has 0 amide bonds. The van der Waals surface area contributed by atoms with E-state index in [0.717, 1.165) is 66.5 Å². The zero-order valence-electron chi connectivity index (χ0n) is 70.8. The summed E-state index contributed by atoms with van der Waals surface area (Å²) in [6.07, 6.45) is 1.72. The van der Waals surface area contributed by atoms with Crippen LogP contribution in [0, 0.1) is 41.5 Å². The summed E-state index contributed by atoms with van der Waals surface area (Å²) in [6.45, 7) is 40.3. The molecule has 0 aliphatic carbocycles. The maximum atomic E-state index is 7.88. The molecule has 0 fully saturated rings. The first kappa shape index (κ1) is 84.6. The number of rotatable bonds is 12. The van der Waals surface area contributed by atoms with Crippen molar-refractivity contribution in [2.24, 2.45) is 0 Å². The van der Waals surface area contributed by atoms with E-state index in [1.54, 1.807) is 0 Å². The molecular formula is C108H110Br2Cl2N2Si2. The minimum absolute atomic E-state index is 0.0233. The lowest BCUT2D eigenvalue weighted by molar-refractivity contribution is 0.590. The van der Waals surface area contributed by atoms with Gasteiger partial charge in [0.15, 0.2) is 16.1 Å². The highest BCUT2D eigenvalue weighted by molar-refractivity contribution is 9.10. The molecule has 0 saturated heterocycles. The fourth-order valence-electron chi connectivity index (χ4n) is 16.9. The van der Waals surface area contributed by atoms with Crippen molar-refractivity contribution in [1.82, 2.24) is 0 Å². The molecule has 0 saturated carbocycles. The molecule has 14 aromatic carbocycles. The summed E-state index contributed by atoms with van der Waals surface area (Å²) >= 11 is 22.3. The molecule has 588 valence electrons. The zero-order valence-corrected chi connectivity index (χ0v) is 77.5. The van der Waals surface area contributed by atoms with E-state index in [2.05, 4.69) is 482 Å². The van der Waals surface area contributed by atoms with E-state index in [1.165, 1.54) is 114 Å². The van der Waals surface area contributed by atoms with Crippen molar-refractivity contribution in [2.45, 2.75) is 159 Å². The van der Waals surface area contributed by atoms with E-state index in [4.69, 9.17) is 23.2 Å². The van der Waals surface area contributed by atoms with Crippen molar-refractivity contribution in [3.63, 3.8) is 0 Å². The summed E-state index contributed by atoms with van der Waals surface area (Å²) in [5, 5.41) is 12.5. The minimum atomic E-state index is -2.98. The molecule has 1 heterocycles. The number of nitrogens with zero attached hydrogens (tertiary/aromatic N) is 2. The number of fused-ring (bicyclic) bond motifs is 6. The van der Waals surface area contributed by atoms with Crippen molar-refractivity contribution >= 4 is 147 Å². The van der Waals surface area contributed by atoms with Gasteiger partial charge in [0, 0.05) is 36.7 Å². The van der Waals surface area contributed by atoms with Gasteiger partial charge in [-0.1, -0.05) is 385 Å². The lowest BCUT2D eigenvalue weighted by Crippen LogP contribution is -2.74. The van der Waals surface area contributed by atoms with Crippen LogP contribution in [0.4, 0.5) is 34.1 Å². The van der Waals surface area contributed by atoms with Crippen LogP contribution >= 0.6 is 55.1 Å². The minimum Gasteiger partial charge on any atom is -0.309 e. The Kier molecular flexibility index (Phi) is 25.3. The molecule has 6 bridgehead atoms. The predicted octanol–water partition coefficient (Wildman–Crippen LogP) is 26.1. The van der Waals surface area contributed by atoms with Gasteiger partial charge in [-0.2, -0.15) is 0 Å². The van der Waals surface area contributed by atoms with Crippen LogP contribution in [0.3, 0.4) is 0 Å². The van der Waals surface area contributed by atoms with Gasteiger partial charge in [0.1, 0.15) is 0 Å². The molecule has 15 rings (SSSR count). The number of halogens is 4. The Balaban J connectivity index is 0.000000167. The third-order valence-corrected chi connectivity index (χ3v) is 33.9. The first-order valence-electron chi connectivity index (χ1n) is 40.7. The third-order valence-electron chi connectivity index (χ3n) is 22.7. The van der Waals surface area contributed by atoms with Gasteiger partial charge in [0.2, 0.25) is 0 Å². The standard InChI is InChI=1S/C53H53ClN2Si.C29H35Cl.C26H22Br2Si/c1-36-28-43-34-47(30-36)57(45-16-12-10-13-17-45,46-18-14-11-15-19-46)48-31-37(2)29-44(35-48)56(42-26-22-40(23-27-42)53(7,8)9)50-33-38(3)32-49(51(50)54)55(43)41-24-20-39(21-25-41)52(4,5)6;1-20-16-23(18-21-8-12-25(13-9-21)28(2,3)4)27(30)24(17-20)19-22-10-14-26(15-11-22)29(5,6)7;1-19-13-21(27)17-25(15-19)29(23-9-5-3-6-10-23,24-11-7-4-8-12-24)26-16-20(2)14-22(28)18-26/h10-35H,1-9H3;8-17H,18-19H2,1-7H3;3-18H,1-2H3. The summed E-state index contributed by atoms with van der Waals surface area (Å²) in [6, 6.07) is 118. The second-order valence-corrected chi connectivity index (χ2v) is 46.3. The van der Waals surface area contributed by atoms with Crippen LogP contribution in [-0.4, -0.2) is 16.1 Å². The van der Waals surface area contributed by atoms with Crippen LogP contribution in [0.1, 0.15) is 161 Å². The van der Waals surface area contributed by atoms with Crippen LogP contribution in [-0.2, 0) is 34.5 Å². The Morgan fingerprint density at radius 2 is 0.569 bits per heavy atom. The fourth-order valence-corrected chi connectivity index (χ4v) is 29.1. The molecule has 2 nitrogen and oxygen atoms in total. The summed E-state index contributed by atoms with van der Waals surface area (Å²) < 4.78 is 2.26. The highest BCUT2D eigenvalue weighted by atomic mass is 79.9. The first-order chi connectivity index (χ1) is 55.1. The molecule has 1 aliphatic heterocycles. The predicted molar refractivity (Wildman–Crippen MR) is 517 cm³/mol. The van der Waals surface area contributed by atoms with Gasteiger partial charge in [-0.3, -0.25) is 0 Å². The normalized spacial score (nSPS) is 12.8. The highest BCUT2D eigenvalue weighted by Crippen LogP contribution is 2.49. The third kappa shape index (κ3) is 18.5. The Labute approximate surface area is 722 Å². The molecule has 0 spiro atoms. The van der Waals surface area contributed by atoms with Crippen LogP contribution in [0.15, 0.2) is 324 Å². The average Bonchev–Trinajstić information content (AvgIpc) is 0.722. The van der Waals surface area contributed by atoms with E-state index < -0.39 is 16.1 Å². The number of benzene rings is 14. The Bertz CT molecular complexity index is 5390. The van der Waals surface area contributed by atoms with Crippen LogP contribution in [0.25, 0.3) is 0 Å². The van der Waals surface area contributed by atoms with Crippen LogP contribution < -0.4 is 51.3 Å². The van der Waals surface area contributed by atoms with Gasteiger partial charge < -0.3 is 9.80 Å². The van der Waals surface area contributed by atoms with E-state index >= 15 is 0 Å². The molecule has 0 radical (unpaired) electrons. The summed E-state index contributed by atoms with van der Waals surface area (Å²) in [5.74, 6) is 0. The Morgan fingerprint density at radius 3 is 0.888 bits per heavy atom. The largest absolute Gasteiger partial charge is 0.309 e. The van der Waals surface area contributed by atoms with Gasteiger partial charge in [0.05, 0.1) is 16.4 Å². The fraction of sp³-hybridized carbons (Fsp3) is 0.222. The lowest BCUT2D eigenvalue weighted by Gasteiger charge is -2.38. The Morgan fingerprint density at radius 1 is 0.276 bits per heavy atom. The van der Waals surface area contributed by atoms with Gasteiger partial charge >= 0.3 is 0 Å². The van der Waals surface area contributed by atoms with Crippen LogP contribution in [0.5, 0.6) is 0 Å². The van der Waals surface area contributed by atoms with Crippen molar-refractivity contribution in [2.75, 3.05) is 9.80 Å². The zero-order chi connectivity index (χ0) is 82.8. The first-order valence-corrected chi connectivity index (χ1v) is 47.0. The molecule has 0 N–H and O–H groups in total. The molecule has 116 heavy (non-hydrogen) atoms. The second kappa shape index (κ2) is 34.7. The molecule has 14 aromatic rings. The molecule has 8 heteroatoms. The second-order valence-electron chi connectivity index (χ2n) is 36.1. The quantitative estimate of drug-likeness (QED) is 0.0888. The maximum Gasteiger partial charge on any atom is 0.179 e. The van der Waals surface area contributed by atoms with E-state index in [1.807, 2.05) is 0 Å². The van der Waals surface area contributed by atoms with Gasteiger partial charge in [-0.25, -0.2) is 0 Å². The summed E-state index contributed by atoms with van der Waals surface area (Å²) in [5.41, 5.74) is 24.3. The van der Waals surface area contributed by atoms with Gasteiger partial charge in [0.25, 0.3) is 0 Å². The summed E-state index contributed by atoms with van der Waals surface area (Å²) in [4.78, 5) is 4.78. The van der Waals surface area contributed by atoms with E-state index in [0.29, 0.717) is 5.02 Å². The summed E-state index contributed by atoms with van der Waals surface area (Å²) in [7, 11) is -5.46. The molecule has 0 unspecified atom stereocenters. The van der Waals surface area contributed by atoms with Crippen LogP contribution in [0.2, 0.25) is 10.0 Å². The van der Waals surface area contributed by atoms with Crippen molar-refractivity contribution < 1.29 is 0 Å². The average molecular weight is 1720 g/mol. The SMILES string of the molecule is Cc1cc(Br)cc([Si](c2ccccc2)(c2ccccc2)c2cc(C)cc(Br)c2)c1.Cc1cc(Cc2ccc(C(C)(C)C)cc2)c(Cl)c(Cc2ccc(C(C)(C)C)cc2)c1.Cc1cc2cc(c1)[Si](c1ccccc1)(c1ccccc1)c1cc(C)cc(c1)N(c1ccc(C(C)(C)C)cc1)c1cc(C)cc(c1Cl)N2c1ccc(C(C)(C)C)cc1. The van der Waals surface area contributed by atoms with Crippen molar-refractivity contribution in [3.8, 4) is 0 Å². The number of aryl methyl sites for hydroxylation is 6. The number of anilines is 6. The molecule has 0 aromatic heterocycles. The number of hydrogen-bond acceptors (Lipinski definition) is 2. The van der Waals surface area contributed by atoms with E-state index in [-0.39, 0.29) is 21.7 Å². The van der Waals surface area contributed by atoms with Crippen molar-refractivity contribution in [1.29, 1.82) is 0 Å². The number of hydrogen-bond donors (Lipinski definition) is 0. The maximum absolute atomic E-state index is 7.88. The van der Waals surface area contributed by atoms with Gasteiger partial charge in [-0.15, -0.1) is 0 Å². The monoisotopic (exact) mass is 1720 g/mol. The van der Waals surface area contributed by atoms with E-state index in [9.17, 15) is 0 Å². The Hall–Kier alpha value is -9.35. The molecule has 1 aliphatic rings. The molecular weight excluding hydrogens is 1610 g/mol. The van der Waals surface area contributed by atoms with Gasteiger partial charge in [-0.05, 0) is 264 Å². The topological polar surface area (TPSA) is 6.48 Å². The smallest absolute Gasteiger partial charge is 0.179 e. The lowest BCUT2D eigenvalue weighted by atomic mass is 9.86.